The van der Waals surface area contributed by atoms with Gasteiger partial charge in [0.25, 0.3) is 0 Å². The Balaban J connectivity index is 2.59. The summed E-state index contributed by atoms with van der Waals surface area (Å²) in [7, 11) is 0. The first kappa shape index (κ1) is 13.2. The van der Waals surface area contributed by atoms with Crippen molar-refractivity contribution in [1.82, 2.24) is 0 Å². The van der Waals surface area contributed by atoms with Gasteiger partial charge in [0.15, 0.2) is 0 Å². The number of hydrogen-bond donors (Lipinski definition) is 1. The van der Waals surface area contributed by atoms with E-state index in [9.17, 15) is 5.11 Å². The Morgan fingerprint density at radius 1 is 1.11 bits per heavy atom. The summed E-state index contributed by atoms with van der Waals surface area (Å²) in [4.78, 5) is 0. The molecule has 1 atom stereocenters. The van der Waals surface area contributed by atoms with E-state index in [0.717, 1.165) is 5.56 Å². The molecule has 1 aliphatic carbocycles. The van der Waals surface area contributed by atoms with Crippen molar-refractivity contribution in [2.24, 2.45) is 0 Å². The lowest BCUT2D eigenvalue weighted by atomic mass is 9.63. The molecule has 96 valence electrons. The number of fused-ring (bicyclic) bond motifs is 1. The van der Waals surface area contributed by atoms with E-state index >= 15 is 0 Å². The molecule has 2 rings (SSSR count). The number of rotatable bonds is 1. The molecule has 0 unspecified atom stereocenters. The third-order valence-corrected chi connectivity index (χ3v) is 4.35. The van der Waals surface area contributed by atoms with Gasteiger partial charge in [0.1, 0.15) is 6.10 Å². The van der Waals surface area contributed by atoms with Crippen molar-refractivity contribution in [2.75, 3.05) is 0 Å². The van der Waals surface area contributed by atoms with Crippen LogP contribution in [0.2, 0.25) is 0 Å². The van der Waals surface area contributed by atoms with Gasteiger partial charge in [0.05, 0.1) is 0 Å². The molecule has 1 N–H and O–H groups in total. The van der Waals surface area contributed by atoms with Crippen LogP contribution in [-0.4, -0.2) is 5.11 Å². The second kappa shape index (κ2) is 4.14. The van der Waals surface area contributed by atoms with Crippen molar-refractivity contribution in [2.45, 2.75) is 57.5 Å². The second-order valence-corrected chi connectivity index (χ2v) is 6.64. The number of terminal acetylenes is 1. The Bertz CT molecular complexity index is 503. The van der Waals surface area contributed by atoms with E-state index in [-0.39, 0.29) is 10.8 Å². The van der Waals surface area contributed by atoms with Crippen LogP contribution in [-0.2, 0) is 10.8 Å². The third kappa shape index (κ3) is 2.06. The standard InChI is InChI=1S/C17H22O/c1-6-15(18)12-7-8-13-14(11-12)17(4,5)10-9-16(13,2)3/h1,7-8,11,15,18H,9-10H2,2-5H3/t15-/m1/s1. The molecule has 1 aromatic carbocycles. The predicted octanol–water partition coefficient (Wildman–Crippen LogP) is 3.70. The molecule has 0 fully saturated rings. The molecule has 0 aliphatic heterocycles. The van der Waals surface area contributed by atoms with Crippen LogP contribution in [0.3, 0.4) is 0 Å². The van der Waals surface area contributed by atoms with Gasteiger partial charge in [0, 0.05) is 0 Å². The average Bonchev–Trinajstić information content (AvgIpc) is 2.34. The van der Waals surface area contributed by atoms with Crippen LogP contribution < -0.4 is 0 Å². The highest BCUT2D eigenvalue weighted by molar-refractivity contribution is 5.44. The van der Waals surface area contributed by atoms with Crippen molar-refractivity contribution < 1.29 is 5.11 Å². The van der Waals surface area contributed by atoms with Crippen LogP contribution in [0, 0.1) is 12.3 Å². The molecule has 0 bridgehead atoms. The van der Waals surface area contributed by atoms with E-state index in [1.807, 2.05) is 6.07 Å². The van der Waals surface area contributed by atoms with Gasteiger partial charge in [-0.2, -0.15) is 0 Å². The average molecular weight is 242 g/mol. The van der Waals surface area contributed by atoms with Gasteiger partial charge in [-0.15, -0.1) is 6.42 Å². The molecule has 1 heteroatoms. The Morgan fingerprint density at radius 2 is 1.67 bits per heavy atom. The number of aliphatic hydroxyl groups excluding tert-OH is 1. The van der Waals surface area contributed by atoms with Crippen LogP contribution in [0.4, 0.5) is 0 Å². The SMILES string of the molecule is C#C[C@@H](O)c1ccc2c(c1)C(C)(C)CCC2(C)C. The zero-order valence-electron chi connectivity index (χ0n) is 11.7. The fourth-order valence-electron chi connectivity index (χ4n) is 2.87. The summed E-state index contributed by atoms with van der Waals surface area (Å²) in [5, 5.41) is 9.80. The Kier molecular flexibility index (Phi) is 3.03. The van der Waals surface area contributed by atoms with E-state index in [2.05, 4.69) is 45.7 Å². The molecule has 0 radical (unpaired) electrons. The van der Waals surface area contributed by atoms with Crippen LogP contribution in [0.5, 0.6) is 0 Å². The first-order valence-electron chi connectivity index (χ1n) is 6.57. The minimum Gasteiger partial charge on any atom is -0.376 e. The van der Waals surface area contributed by atoms with Gasteiger partial charge in [-0.1, -0.05) is 51.8 Å². The van der Waals surface area contributed by atoms with Crippen molar-refractivity contribution >= 4 is 0 Å². The minimum absolute atomic E-state index is 0.162. The topological polar surface area (TPSA) is 20.2 Å². The molecule has 0 saturated heterocycles. The molecule has 0 saturated carbocycles. The summed E-state index contributed by atoms with van der Waals surface area (Å²) in [5.74, 6) is 2.39. The van der Waals surface area contributed by atoms with Gasteiger partial charge < -0.3 is 5.11 Å². The van der Waals surface area contributed by atoms with Crippen LogP contribution >= 0.6 is 0 Å². The fraction of sp³-hybridized carbons (Fsp3) is 0.529. The Morgan fingerprint density at radius 3 is 2.22 bits per heavy atom. The zero-order valence-corrected chi connectivity index (χ0v) is 11.7. The highest BCUT2D eigenvalue weighted by Gasteiger charge is 2.37. The van der Waals surface area contributed by atoms with E-state index in [0.29, 0.717) is 0 Å². The number of hydrogen-bond acceptors (Lipinski definition) is 1. The summed E-state index contributed by atoms with van der Waals surface area (Å²) >= 11 is 0. The van der Waals surface area contributed by atoms with Crippen molar-refractivity contribution in [1.29, 1.82) is 0 Å². The van der Waals surface area contributed by atoms with E-state index in [4.69, 9.17) is 6.42 Å². The maximum atomic E-state index is 9.80. The van der Waals surface area contributed by atoms with Gasteiger partial charge in [-0.25, -0.2) is 0 Å². The van der Waals surface area contributed by atoms with E-state index in [1.54, 1.807) is 0 Å². The third-order valence-electron chi connectivity index (χ3n) is 4.35. The Hall–Kier alpha value is -1.26. The maximum absolute atomic E-state index is 9.80. The highest BCUT2D eigenvalue weighted by Crippen LogP contribution is 2.46. The smallest absolute Gasteiger partial charge is 0.139 e. The summed E-state index contributed by atoms with van der Waals surface area (Å²) in [6.07, 6.45) is 6.87. The monoisotopic (exact) mass is 242 g/mol. The molecule has 0 heterocycles. The van der Waals surface area contributed by atoms with Crippen LogP contribution in [0.15, 0.2) is 18.2 Å². The zero-order chi connectivity index (χ0) is 13.6. The van der Waals surface area contributed by atoms with Gasteiger partial charge >= 0.3 is 0 Å². The molecule has 0 spiro atoms. The molecule has 0 amide bonds. The van der Waals surface area contributed by atoms with Gasteiger partial charge in [-0.3, -0.25) is 0 Å². The van der Waals surface area contributed by atoms with Crippen LogP contribution in [0.1, 0.15) is 63.3 Å². The second-order valence-electron chi connectivity index (χ2n) is 6.64. The molecule has 1 aliphatic rings. The lowest BCUT2D eigenvalue weighted by molar-refractivity contribution is 0.237. The molecule has 1 nitrogen and oxygen atoms in total. The normalized spacial score (nSPS) is 21.8. The summed E-state index contributed by atoms with van der Waals surface area (Å²) in [5.41, 5.74) is 3.94. The van der Waals surface area contributed by atoms with Crippen LogP contribution in [0.25, 0.3) is 0 Å². The van der Waals surface area contributed by atoms with E-state index < -0.39 is 6.10 Å². The van der Waals surface area contributed by atoms with Gasteiger partial charge in [0.2, 0.25) is 0 Å². The largest absolute Gasteiger partial charge is 0.376 e. The molecular weight excluding hydrogens is 220 g/mol. The summed E-state index contributed by atoms with van der Waals surface area (Å²) in [6.45, 7) is 9.12. The van der Waals surface area contributed by atoms with Crippen molar-refractivity contribution in [3.63, 3.8) is 0 Å². The summed E-state index contributed by atoms with van der Waals surface area (Å²) in [6, 6.07) is 6.21. The quantitative estimate of drug-likeness (QED) is 0.744. The molecule has 18 heavy (non-hydrogen) atoms. The minimum atomic E-state index is -0.795. The first-order valence-corrected chi connectivity index (χ1v) is 6.57. The Labute approximate surface area is 110 Å². The molecule has 1 aromatic rings. The van der Waals surface area contributed by atoms with E-state index in [1.165, 1.54) is 24.0 Å². The first-order chi connectivity index (χ1) is 8.28. The lowest BCUT2D eigenvalue weighted by Gasteiger charge is -2.42. The van der Waals surface area contributed by atoms with Crippen molar-refractivity contribution in [3.05, 3.63) is 34.9 Å². The molecule has 0 aromatic heterocycles. The summed E-state index contributed by atoms with van der Waals surface area (Å²) < 4.78 is 0. The van der Waals surface area contributed by atoms with Gasteiger partial charge in [-0.05, 0) is 40.4 Å². The number of benzene rings is 1. The number of aliphatic hydroxyl groups is 1. The van der Waals surface area contributed by atoms with Crippen molar-refractivity contribution in [3.8, 4) is 12.3 Å². The lowest BCUT2D eigenvalue weighted by Crippen LogP contribution is -2.34. The fourth-order valence-corrected chi connectivity index (χ4v) is 2.87. The maximum Gasteiger partial charge on any atom is 0.139 e. The molecular formula is C17H22O. The predicted molar refractivity (Wildman–Crippen MR) is 75.5 cm³/mol. The highest BCUT2D eigenvalue weighted by atomic mass is 16.3.